The highest BCUT2D eigenvalue weighted by molar-refractivity contribution is 6.22. The van der Waals surface area contributed by atoms with Crippen LogP contribution in [0, 0.1) is 0 Å². The van der Waals surface area contributed by atoms with Gasteiger partial charge in [-0.3, -0.25) is 4.79 Å². The molecule has 0 aliphatic carbocycles. The van der Waals surface area contributed by atoms with Gasteiger partial charge in [0.2, 0.25) is 0 Å². The molecule has 2 nitrogen and oxygen atoms in total. The van der Waals surface area contributed by atoms with Crippen molar-refractivity contribution in [3.8, 4) is 0 Å². The second-order valence-corrected chi connectivity index (χ2v) is 4.83. The predicted octanol–water partition coefficient (Wildman–Crippen LogP) is 3.22. The summed E-state index contributed by atoms with van der Waals surface area (Å²) in [6, 6.07) is 7.55. The molecular weight excluding hydrogens is 257 g/mol. The first-order valence-corrected chi connectivity index (χ1v) is 6.65. The maximum atomic E-state index is 12.1. The first-order chi connectivity index (χ1) is 8.06. The molecule has 0 aromatic heterocycles. The van der Waals surface area contributed by atoms with Crippen molar-refractivity contribution in [1.29, 1.82) is 0 Å². The number of hydrogen-bond acceptors (Lipinski definition) is 1. The van der Waals surface area contributed by atoms with Crippen LogP contribution in [0.1, 0.15) is 29.8 Å². The molecule has 1 aromatic rings. The smallest absolute Gasteiger partial charge is 0.252 e. The lowest BCUT2D eigenvalue weighted by Gasteiger charge is -2.26. The van der Waals surface area contributed by atoms with Gasteiger partial charge in [0.15, 0.2) is 0 Å². The van der Waals surface area contributed by atoms with Crippen molar-refractivity contribution >= 4 is 29.1 Å². The molecule has 17 heavy (non-hydrogen) atoms. The van der Waals surface area contributed by atoms with E-state index in [4.69, 9.17) is 23.2 Å². The third-order valence-electron chi connectivity index (χ3n) is 2.65. The molecule has 0 saturated carbocycles. The lowest BCUT2D eigenvalue weighted by Crippen LogP contribution is -2.49. The summed E-state index contributed by atoms with van der Waals surface area (Å²) in [5.41, 5.74) is 1.15. The molecular formula is C13H17Cl2NO. The van der Waals surface area contributed by atoms with E-state index in [2.05, 4.69) is 5.32 Å². The molecule has 1 N–H and O–H groups in total. The minimum absolute atomic E-state index is 0.119. The lowest BCUT2D eigenvalue weighted by molar-refractivity contribution is 0.0920. The zero-order chi connectivity index (χ0) is 12.9. The number of nitrogens with one attached hydrogen (secondary N) is 1. The zero-order valence-electron chi connectivity index (χ0n) is 10.1. The number of alkyl halides is 2. The number of carbonyl (C=O) groups excluding carboxylic acids is 1. The Labute approximate surface area is 112 Å². The maximum Gasteiger partial charge on any atom is 0.252 e. The summed E-state index contributed by atoms with van der Waals surface area (Å²) in [5, 5.41) is 2.88. The molecule has 0 atom stereocenters. The molecule has 0 saturated heterocycles. The summed E-state index contributed by atoms with van der Waals surface area (Å²) >= 11 is 11.6. The molecule has 4 heteroatoms. The van der Waals surface area contributed by atoms with Gasteiger partial charge in [0.05, 0.1) is 5.54 Å². The SMILES string of the molecule is CCc1ccccc1C(=O)NC(C)(CCl)CCl. The summed E-state index contributed by atoms with van der Waals surface area (Å²) < 4.78 is 0. The van der Waals surface area contributed by atoms with Gasteiger partial charge in [0, 0.05) is 17.3 Å². The second-order valence-electron chi connectivity index (χ2n) is 4.29. The maximum absolute atomic E-state index is 12.1. The molecule has 0 spiro atoms. The fraction of sp³-hybridized carbons (Fsp3) is 0.462. The van der Waals surface area contributed by atoms with Crippen molar-refractivity contribution in [3.05, 3.63) is 35.4 Å². The number of benzene rings is 1. The molecule has 0 aliphatic heterocycles. The average molecular weight is 274 g/mol. The van der Waals surface area contributed by atoms with Crippen LogP contribution in [0.15, 0.2) is 24.3 Å². The van der Waals surface area contributed by atoms with Crippen LogP contribution in [0.2, 0.25) is 0 Å². The van der Waals surface area contributed by atoms with Crippen LogP contribution in [0.25, 0.3) is 0 Å². The monoisotopic (exact) mass is 273 g/mol. The highest BCUT2D eigenvalue weighted by atomic mass is 35.5. The summed E-state index contributed by atoms with van der Waals surface area (Å²) in [6.07, 6.45) is 0.821. The largest absolute Gasteiger partial charge is 0.344 e. The van der Waals surface area contributed by atoms with Crippen molar-refractivity contribution in [1.82, 2.24) is 5.32 Å². The molecule has 1 amide bonds. The number of hydrogen-bond donors (Lipinski definition) is 1. The third-order valence-corrected chi connectivity index (χ3v) is 3.83. The van der Waals surface area contributed by atoms with Crippen molar-refractivity contribution in [3.63, 3.8) is 0 Å². The van der Waals surface area contributed by atoms with E-state index in [0.29, 0.717) is 5.56 Å². The standard InChI is InChI=1S/C13H17Cl2NO/c1-3-10-6-4-5-7-11(10)12(17)16-13(2,8-14)9-15/h4-7H,3,8-9H2,1-2H3,(H,16,17). The molecule has 0 heterocycles. The van der Waals surface area contributed by atoms with Gasteiger partial charge in [-0.25, -0.2) is 0 Å². The summed E-state index contributed by atoms with van der Waals surface area (Å²) in [5.74, 6) is 0.457. The Kier molecular flexibility index (Phi) is 5.29. The summed E-state index contributed by atoms with van der Waals surface area (Å²) in [4.78, 5) is 12.1. The van der Waals surface area contributed by atoms with E-state index in [-0.39, 0.29) is 17.7 Å². The van der Waals surface area contributed by atoms with Gasteiger partial charge in [-0.05, 0) is 25.0 Å². The fourth-order valence-electron chi connectivity index (χ4n) is 1.49. The Hall–Kier alpha value is -0.730. The van der Waals surface area contributed by atoms with Crippen LogP contribution in [0.5, 0.6) is 0 Å². The number of carbonyl (C=O) groups is 1. The van der Waals surface area contributed by atoms with E-state index in [0.717, 1.165) is 12.0 Å². The van der Waals surface area contributed by atoms with E-state index in [1.165, 1.54) is 0 Å². The van der Waals surface area contributed by atoms with Crippen molar-refractivity contribution in [2.45, 2.75) is 25.8 Å². The quantitative estimate of drug-likeness (QED) is 0.821. The van der Waals surface area contributed by atoms with Crippen molar-refractivity contribution < 1.29 is 4.79 Å². The van der Waals surface area contributed by atoms with E-state index < -0.39 is 5.54 Å². The highest BCUT2D eigenvalue weighted by Gasteiger charge is 2.25. The van der Waals surface area contributed by atoms with Gasteiger partial charge in [-0.1, -0.05) is 25.1 Å². The summed E-state index contributed by atoms with van der Waals surface area (Å²) in [6.45, 7) is 3.86. The number of aryl methyl sites for hydroxylation is 1. The van der Waals surface area contributed by atoms with Gasteiger partial charge in [-0.2, -0.15) is 0 Å². The first-order valence-electron chi connectivity index (χ1n) is 5.58. The topological polar surface area (TPSA) is 29.1 Å². The molecule has 1 aromatic carbocycles. The minimum atomic E-state index is -0.568. The van der Waals surface area contributed by atoms with Crippen LogP contribution >= 0.6 is 23.2 Å². The van der Waals surface area contributed by atoms with Crippen LogP contribution in [-0.4, -0.2) is 23.2 Å². The second kappa shape index (κ2) is 6.27. The normalized spacial score (nSPS) is 11.3. The van der Waals surface area contributed by atoms with E-state index in [1.807, 2.05) is 38.1 Å². The van der Waals surface area contributed by atoms with Gasteiger partial charge < -0.3 is 5.32 Å². The van der Waals surface area contributed by atoms with Gasteiger partial charge in [0.1, 0.15) is 0 Å². The number of amides is 1. The molecule has 0 fully saturated rings. The van der Waals surface area contributed by atoms with Gasteiger partial charge in [0.25, 0.3) is 5.91 Å². The van der Waals surface area contributed by atoms with E-state index in [1.54, 1.807) is 0 Å². The predicted molar refractivity (Wildman–Crippen MR) is 73.1 cm³/mol. The molecule has 94 valence electrons. The molecule has 0 aliphatic rings. The van der Waals surface area contributed by atoms with Gasteiger partial charge >= 0.3 is 0 Å². The number of halogens is 2. The molecule has 0 bridgehead atoms. The van der Waals surface area contributed by atoms with Crippen LogP contribution < -0.4 is 5.32 Å². The van der Waals surface area contributed by atoms with E-state index >= 15 is 0 Å². The van der Waals surface area contributed by atoms with Crippen molar-refractivity contribution in [2.24, 2.45) is 0 Å². The highest BCUT2D eigenvalue weighted by Crippen LogP contribution is 2.14. The Bertz CT molecular complexity index is 389. The van der Waals surface area contributed by atoms with E-state index in [9.17, 15) is 4.79 Å². The van der Waals surface area contributed by atoms with Crippen LogP contribution in [0.3, 0.4) is 0 Å². The molecule has 0 unspecified atom stereocenters. The lowest BCUT2D eigenvalue weighted by atomic mass is 10.0. The Morgan fingerprint density at radius 3 is 2.41 bits per heavy atom. The summed E-state index contributed by atoms with van der Waals surface area (Å²) in [7, 11) is 0. The Balaban J connectivity index is 2.90. The third kappa shape index (κ3) is 3.62. The molecule has 0 radical (unpaired) electrons. The molecule has 1 rings (SSSR count). The first kappa shape index (κ1) is 14.3. The Morgan fingerprint density at radius 2 is 1.88 bits per heavy atom. The fourth-order valence-corrected chi connectivity index (χ4v) is 1.91. The minimum Gasteiger partial charge on any atom is -0.344 e. The van der Waals surface area contributed by atoms with Crippen LogP contribution in [0.4, 0.5) is 0 Å². The van der Waals surface area contributed by atoms with Gasteiger partial charge in [-0.15, -0.1) is 23.2 Å². The Morgan fingerprint density at radius 1 is 1.29 bits per heavy atom. The zero-order valence-corrected chi connectivity index (χ0v) is 11.6. The average Bonchev–Trinajstić information content (AvgIpc) is 2.38. The van der Waals surface area contributed by atoms with Crippen molar-refractivity contribution in [2.75, 3.05) is 11.8 Å². The number of rotatable bonds is 5. The van der Waals surface area contributed by atoms with Crippen LogP contribution in [-0.2, 0) is 6.42 Å².